The number of hydrogen-bond acceptors (Lipinski definition) is 4. The molecule has 0 bridgehead atoms. The van der Waals surface area contributed by atoms with Crippen LogP contribution in [0, 0.1) is 11.3 Å². The molecule has 0 aliphatic carbocycles. The number of fused-ring (bicyclic) bond motifs is 1. The van der Waals surface area contributed by atoms with Crippen molar-refractivity contribution >= 4 is 22.7 Å². The van der Waals surface area contributed by atoms with Gasteiger partial charge < -0.3 is 4.98 Å². The number of aromatic amines is 1. The number of H-pyrrole nitrogens is 1. The van der Waals surface area contributed by atoms with Crippen LogP contribution in [0.3, 0.4) is 0 Å². The number of nitrogens with zero attached hydrogens (tertiary/aromatic N) is 3. The summed E-state index contributed by atoms with van der Waals surface area (Å²) in [6.07, 6.45) is 7.32. The highest BCUT2D eigenvalue weighted by Gasteiger charge is 2.10. The molecule has 0 atom stereocenters. The first-order valence-corrected chi connectivity index (χ1v) is 6.92. The third-order valence-electron chi connectivity index (χ3n) is 2.93. The van der Waals surface area contributed by atoms with Crippen molar-refractivity contribution < 1.29 is 0 Å². The van der Waals surface area contributed by atoms with Gasteiger partial charge in [0.05, 0.1) is 29.2 Å². The number of hydrogen-bond donors (Lipinski definition) is 1. The molecular weight excluding hydrogens is 256 g/mol. The second-order valence-electron chi connectivity index (χ2n) is 3.99. The lowest BCUT2D eigenvalue weighted by Gasteiger charge is -2.01. The Bertz CT molecular complexity index is 785. The normalized spacial score (nSPS) is 10.5. The van der Waals surface area contributed by atoms with Gasteiger partial charge in [0.15, 0.2) is 0 Å². The van der Waals surface area contributed by atoms with Crippen LogP contribution in [0.15, 0.2) is 41.8 Å². The highest BCUT2D eigenvalue weighted by atomic mass is 32.2. The summed E-state index contributed by atoms with van der Waals surface area (Å²) in [4.78, 5) is 11.9. The zero-order chi connectivity index (χ0) is 13.2. The number of nitrogens with one attached hydrogen (secondary N) is 1. The Morgan fingerprint density at radius 1 is 1.32 bits per heavy atom. The molecule has 92 valence electrons. The Morgan fingerprint density at radius 2 is 2.21 bits per heavy atom. The maximum absolute atomic E-state index is 9.10. The van der Waals surface area contributed by atoms with Crippen molar-refractivity contribution in [3.63, 3.8) is 0 Å². The summed E-state index contributed by atoms with van der Waals surface area (Å²) in [6.45, 7) is 0. The van der Waals surface area contributed by atoms with Gasteiger partial charge in [-0.3, -0.25) is 4.98 Å². The summed E-state index contributed by atoms with van der Waals surface area (Å²) in [5, 5.41) is 11.0. The average Bonchev–Trinajstić information content (AvgIpc) is 2.91. The van der Waals surface area contributed by atoms with Crippen LogP contribution in [0.25, 0.3) is 22.2 Å². The Kier molecular flexibility index (Phi) is 2.94. The van der Waals surface area contributed by atoms with Crippen molar-refractivity contribution in [3.8, 4) is 17.3 Å². The number of rotatable bonds is 2. The first-order chi connectivity index (χ1) is 9.33. The Balaban J connectivity index is 2.23. The van der Waals surface area contributed by atoms with Crippen LogP contribution in [0.5, 0.6) is 0 Å². The van der Waals surface area contributed by atoms with Gasteiger partial charge in [-0.15, -0.1) is 11.8 Å². The highest BCUT2D eigenvalue weighted by Crippen LogP contribution is 2.29. The van der Waals surface area contributed by atoms with E-state index in [0.29, 0.717) is 5.56 Å². The Hall–Kier alpha value is -2.32. The van der Waals surface area contributed by atoms with E-state index < -0.39 is 0 Å². The molecule has 0 spiro atoms. The second kappa shape index (κ2) is 4.75. The van der Waals surface area contributed by atoms with Crippen molar-refractivity contribution in [3.05, 3.63) is 42.4 Å². The summed E-state index contributed by atoms with van der Waals surface area (Å²) in [7, 11) is 0. The standard InChI is InChI=1S/C14H10N4S/c1-19-13-8-16-7-12(18-13)11-6-17-14-9(5-15)3-2-4-10(11)14/h2-4,6-8,17H,1H3. The predicted octanol–water partition coefficient (Wildman–Crippen LogP) is 3.22. The smallest absolute Gasteiger partial charge is 0.115 e. The summed E-state index contributed by atoms with van der Waals surface area (Å²) < 4.78 is 0. The van der Waals surface area contributed by atoms with Crippen LogP contribution >= 0.6 is 11.8 Å². The zero-order valence-electron chi connectivity index (χ0n) is 10.2. The lowest BCUT2D eigenvalue weighted by atomic mass is 10.1. The molecule has 3 rings (SSSR count). The van der Waals surface area contributed by atoms with E-state index in [4.69, 9.17) is 5.26 Å². The SMILES string of the molecule is CSc1cncc(-c2c[nH]c3c(C#N)cccc23)n1. The zero-order valence-corrected chi connectivity index (χ0v) is 11.0. The highest BCUT2D eigenvalue weighted by molar-refractivity contribution is 7.98. The summed E-state index contributed by atoms with van der Waals surface area (Å²) >= 11 is 1.56. The molecule has 0 aliphatic heterocycles. The molecule has 0 saturated heterocycles. The van der Waals surface area contributed by atoms with Crippen molar-refractivity contribution in [2.24, 2.45) is 0 Å². The number of thioether (sulfide) groups is 1. The van der Waals surface area contributed by atoms with Gasteiger partial charge in [0.2, 0.25) is 0 Å². The van der Waals surface area contributed by atoms with Crippen LogP contribution in [0.2, 0.25) is 0 Å². The molecule has 1 aromatic carbocycles. The largest absolute Gasteiger partial charge is 0.359 e. The molecule has 1 N–H and O–H groups in total. The maximum atomic E-state index is 9.10. The van der Waals surface area contributed by atoms with Gasteiger partial charge in [-0.05, 0) is 12.3 Å². The molecule has 0 saturated carbocycles. The van der Waals surface area contributed by atoms with Gasteiger partial charge in [0.25, 0.3) is 0 Å². The first kappa shape index (κ1) is 11.8. The van der Waals surface area contributed by atoms with Crippen LogP contribution in [-0.4, -0.2) is 21.2 Å². The van der Waals surface area contributed by atoms with Gasteiger partial charge in [0.1, 0.15) is 11.1 Å². The Morgan fingerprint density at radius 3 is 3.00 bits per heavy atom. The molecule has 0 amide bonds. The van der Waals surface area contributed by atoms with Crippen molar-refractivity contribution in [1.29, 1.82) is 5.26 Å². The fraction of sp³-hybridized carbons (Fsp3) is 0.0714. The Labute approximate surface area is 114 Å². The molecule has 4 nitrogen and oxygen atoms in total. The van der Waals surface area contributed by atoms with Crippen LogP contribution in [0.1, 0.15) is 5.56 Å². The molecule has 0 unspecified atom stereocenters. The van der Waals surface area contributed by atoms with Gasteiger partial charge in [-0.1, -0.05) is 12.1 Å². The monoisotopic (exact) mass is 266 g/mol. The quantitative estimate of drug-likeness (QED) is 0.723. The number of aromatic nitrogens is 3. The maximum Gasteiger partial charge on any atom is 0.115 e. The molecule has 2 aromatic heterocycles. The van der Waals surface area contributed by atoms with E-state index in [0.717, 1.165) is 27.2 Å². The number of benzene rings is 1. The molecule has 0 aliphatic rings. The molecule has 3 aromatic rings. The lowest BCUT2D eigenvalue weighted by Crippen LogP contribution is -1.87. The van der Waals surface area contributed by atoms with Crippen molar-refractivity contribution in [2.45, 2.75) is 5.03 Å². The van der Waals surface area contributed by atoms with Gasteiger partial charge in [0, 0.05) is 17.1 Å². The third kappa shape index (κ3) is 1.96. The summed E-state index contributed by atoms with van der Waals surface area (Å²) in [5.41, 5.74) is 3.26. The van der Waals surface area contributed by atoms with E-state index in [2.05, 4.69) is 21.0 Å². The van der Waals surface area contributed by atoms with Gasteiger partial charge in [-0.25, -0.2) is 4.98 Å². The average molecular weight is 266 g/mol. The molecule has 2 heterocycles. The third-order valence-corrected chi connectivity index (χ3v) is 3.55. The molecule has 19 heavy (non-hydrogen) atoms. The topological polar surface area (TPSA) is 65.4 Å². The van der Waals surface area contributed by atoms with E-state index in [-0.39, 0.29) is 0 Å². The second-order valence-corrected chi connectivity index (χ2v) is 4.82. The van der Waals surface area contributed by atoms with Gasteiger partial charge in [-0.2, -0.15) is 5.26 Å². The molecule has 0 fully saturated rings. The fourth-order valence-electron chi connectivity index (χ4n) is 2.04. The summed E-state index contributed by atoms with van der Waals surface area (Å²) in [6, 6.07) is 7.84. The van der Waals surface area contributed by atoms with Gasteiger partial charge >= 0.3 is 0 Å². The number of nitriles is 1. The van der Waals surface area contributed by atoms with Crippen LogP contribution in [-0.2, 0) is 0 Å². The van der Waals surface area contributed by atoms with Crippen molar-refractivity contribution in [1.82, 2.24) is 15.0 Å². The van der Waals surface area contributed by atoms with E-state index >= 15 is 0 Å². The minimum Gasteiger partial charge on any atom is -0.359 e. The molecule has 5 heteroatoms. The van der Waals surface area contributed by atoms with E-state index in [1.54, 1.807) is 30.2 Å². The van der Waals surface area contributed by atoms with E-state index in [1.165, 1.54) is 0 Å². The number of para-hydroxylation sites is 1. The lowest BCUT2D eigenvalue weighted by molar-refractivity contribution is 1.07. The van der Waals surface area contributed by atoms with Crippen LogP contribution < -0.4 is 0 Å². The van der Waals surface area contributed by atoms with Crippen molar-refractivity contribution in [2.75, 3.05) is 6.26 Å². The minimum absolute atomic E-state index is 0.637. The predicted molar refractivity (Wildman–Crippen MR) is 75.8 cm³/mol. The van der Waals surface area contributed by atoms with E-state index in [9.17, 15) is 0 Å². The van der Waals surface area contributed by atoms with E-state index in [1.807, 2.05) is 24.6 Å². The fourth-order valence-corrected chi connectivity index (χ4v) is 2.39. The molecular formula is C14H10N4S. The van der Waals surface area contributed by atoms with Crippen LogP contribution in [0.4, 0.5) is 0 Å². The minimum atomic E-state index is 0.637. The first-order valence-electron chi connectivity index (χ1n) is 5.70. The molecule has 0 radical (unpaired) electrons. The summed E-state index contributed by atoms with van der Waals surface area (Å²) in [5.74, 6) is 0.